The summed E-state index contributed by atoms with van der Waals surface area (Å²) in [5, 5.41) is 51.6. The number of rotatable bonds is 8. The van der Waals surface area contributed by atoms with E-state index < -0.39 is 48.6 Å². The Morgan fingerprint density at radius 3 is 2.22 bits per heavy atom. The monoisotopic (exact) mass is 447 g/mol. The Hall–Kier alpha value is -3.02. The van der Waals surface area contributed by atoms with Gasteiger partial charge < -0.3 is 40.3 Å². The van der Waals surface area contributed by atoms with Gasteiger partial charge in [-0.2, -0.15) is 0 Å². The van der Waals surface area contributed by atoms with Crippen molar-refractivity contribution < 1.29 is 44.6 Å². The van der Waals surface area contributed by atoms with Crippen LogP contribution >= 0.6 is 0 Å². The van der Waals surface area contributed by atoms with Crippen LogP contribution in [0.3, 0.4) is 0 Å². The number of carboxylic acid groups (broad SMARTS) is 1. The Bertz CT molecular complexity index is 905. The van der Waals surface area contributed by atoms with Crippen LogP contribution in [0, 0.1) is 0 Å². The largest absolute Gasteiger partial charge is 0.508 e. The lowest BCUT2D eigenvalue weighted by atomic mass is 9.97. The number of aliphatic hydroxyl groups excluding tert-OH is 3. The van der Waals surface area contributed by atoms with Gasteiger partial charge in [-0.1, -0.05) is 42.5 Å². The van der Waals surface area contributed by atoms with Crippen molar-refractivity contribution in [2.45, 2.75) is 49.8 Å². The average molecular weight is 447 g/mol. The minimum absolute atomic E-state index is 0.0116. The first-order valence-electron chi connectivity index (χ1n) is 9.92. The molecule has 0 spiro atoms. The van der Waals surface area contributed by atoms with Crippen LogP contribution < -0.4 is 5.32 Å². The molecule has 0 bridgehead atoms. The molecule has 6 atom stereocenters. The van der Waals surface area contributed by atoms with Crippen LogP contribution in [0.5, 0.6) is 5.75 Å². The van der Waals surface area contributed by atoms with Crippen LogP contribution in [0.1, 0.15) is 11.1 Å². The number of phenols is 1. The summed E-state index contributed by atoms with van der Waals surface area (Å²) in [6.07, 6.45) is -8.36. The maximum atomic E-state index is 12.7. The summed E-state index contributed by atoms with van der Waals surface area (Å²) in [5.41, 5.74) is 1.30. The number of aromatic hydroxyl groups is 1. The van der Waals surface area contributed by atoms with E-state index in [1.165, 1.54) is 24.3 Å². The van der Waals surface area contributed by atoms with Crippen LogP contribution in [-0.4, -0.2) is 74.2 Å². The Morgan fingerprint density at radius 1 is 0.938 bits per heavy atom. The first kappa shape index (κ1) is 23.6. The zero-order valence-electron chi connectivity index (χ0n) is 16.9. The van der Waals surface area contributed by atoms with Crippen LogP contribution in [0.25, 0.3) is 0 Å². The molecule has 1 amide bonds. The molecule has 6 N–H and O–H groups in total. The van der Waals surface area contributed by atoms with E-state index in [1.54, 1.807) is 24.3 Å². The molecule has 2 aromatic carbocycles. The number of carbonyl (C=O) groups excluding carboxylic acids is 1. The SMILES string of the molecule is O=C(N[C@H](Cc1ccc(O)cc1)C(=O)O)[C@H]1O[C@@H](OCc2ccccc2)[C@H](O)[C@@H](O)[C@H]1O. The molecular weight excluding hydrogens is 422 g/mol. The predicted molar refractivity (Wildman–Crippen MR) is 109 cm³/mol. The number of hydrogen-bond acceptors (Lipinski definition) is 8. The Balaban J connectivity index is 1.67. The maximum Gasteiger partial charge on any atom is 0.326 e. The van der Waals surface area contributed by atoms with Gasteiger partial charge in [0.05, 0.1) is 6.61 Å². The number of nitrogens with one attached hydrogen (secondary N) is 1. The van der Waals surface area contributed by atoms with Crippen molar-refractivity contribution in [2.75, 3.05) is 0 Å². The summed E-state index contributed by atoms with van der Waals surface area (Å²) in [5.74, 6) is -2.30. The van der Waals surface area contributed by atoms with Gasteiger partial charge in [0.25, 0.3) is 5.91 Å². The molecule has 0 saturated carbocycles. The molecule has 3 rings (SSSR count). The van der Waals surface area contributed by atoms with Crippen LogP contribution in [-0.2, 0) is 32.1 Å². The lowest BCUT2D eigenvalue weighted by Crippen LogP contribution is -2.63. The van der Waals surface area contributed by atoms with Gasteiger partial charge in [0.15, 0.2) is 12.4 Å². The summed E-state index contributed by atoms with van der Waals surface area (Å²) in [6.45, 7) is 0.0122. The molecule has 10 heteroatoms. The van der Waals surface area contributed by atoms with Crippen molar-refractivity contribution in [1.82, 2.24) is 5.32 Å². The van der Waals surface area contributed by atoms with E-state index in [-0.39, 0.29) is 18.8 Å². The number of ether oxygens (including phenoxy) is 2. The fourth-order valence-electron chi connectivity index (χ4n) is 3.28. The molecule has 1 aliphatic rings. The lowest BCUT2D eigenvalue weighted by Gasteiger charge is -2.39. The van der Waals surface area contributed by atoms with E-state index in [0.29, 0.717) is 5.56 Å². The van der Waals surface area contributed by atoms with E-state index in [2.05, 4.69) is 5.32 Å². The molecular formula is C22H25NO9. The molecule has 1 heterocycles. The highest BCUT2D eigenvalue weighted by atomic mass is 16.7. The van der Waals surface area contributed by atoms with Gasteiger partial charge in [0.1, 0.15) is 30.1 Å². The zero-order chi connectivity index (χ0) is 23.3. The van der Waals surface area contributed by atoms with Crippen molar-refractivity contribution in [3.8, 4) is 5.75 Å². The molecule has 0 unspecified atom stereocenters. The minimum atomic E-state index is -1.80. The number of phenolic OH excluding ortho intramolecular Hbond substituents is 1. The van der Waals surface area contributed by atoms with E-state index in [0.717, 1.165) is 5.56 Å². The minimum Gasteiger partial charge on any atom is -0.508 e. The number of benzene rings is 2. The first-order valence-corrected chi connectivity index (χ1v) is 9.92. The van der Waals surface area contributed by atoms with Gasteiger partial charge in [-0.3, -0.25) is 4.79 Å². The summed E-state index contributed by atoms with van der Waals surface area (Å²) < 4.78 is 10.9. The second-order valence-corrected chi connectivity index (χ2v) is 7.46. The van der Waals surface area contributed by atoms with Crippen molar-refractivity contribution in [2.24, 2.45) is 0 Å². The standard InChI is InChI=1S/C22H25NO9/c24-14-8-6-12(7-9-14)10-15(21(29)30)23-20(28)19-17(26)16(25)18(27)22(32-19)31-11-13-4-2-1-3-5-13/h1-9,15-19,22,24-27H,10-11H2,(H,23,28)(H,29,30)/t15-,16+,17-,18-,19+,22-/m1/s1. The summed E-state index contributed by atoms with van der Waals surface area (Å²) >= 11 is 0. The molecule has 1 saturated heterocycles. The van der Waals surface area contributed by atoms with Crippen LogP contribution in [0.4, 0.5) is 0 Å². The molecule has 0 radical (unpaired) electrons. The number of aliphatic hydroxyl groups is 3. The first-order chi connectivity index (χ1) is 15.3. The molecule has 2 aromatic rings. The van der Waals surface area contributed by atoms with Crippen LogP contribution in [0.15, 0.2) is 54.6 Å². The molecule has 0 aliphatic carbocycles. The van der Waals surface area contributed by atoms with Crippen molar-refractivity contribution >= 4 is 11.9 Å². The molecule has 32 heavy (non-hydrogen) atoms. The van der Waals surface area contributed by atoms with E-state index in [9.17, 15) is 35.1 Å². The predicted octanol–water partition coefficient (Wildman–Crippen LogP) is -0.472. The molecule has 1 aliphatic heterocycles. The number of hydrogen-bond donors (Lipinski definition) is 6. The van der Waals surface area contributed by atoms with E-state index in [4.69, 9.17) is 9.47 Å². The second-order valence-electron chi connectivity index (χ2n) is 7.46. The smallest absolute Gasteiger partial charge is 0.326 e. The molecule has 0 aromatic heterocycles. The number of aliphatic carboxylic acids is 1. The van der Waals surface area contributed by atoms with Gasteiger partial charge in [0.2, 0.25) is 0 Å². The fourth-order valence-corrected chi connectivity index (χ4v) is 3.28. The number of carbonyl (C=O) groups is 2. The van der Waals surface area contributed by atoms with Gasteiger partial charge >= 0.3 is 5.97 Å². The molecule has 10 nitrogen and oxygen atoms in total. The maximum absolute atomic E-state index is 12.7. The normalized spacial score (nSPS) is 26.3. The molecule has 172 valence electrons. The third kappa shape index (κ3) is 5.81. The van der Waals surface area contributed by atoms with Gasteiger partial charge in [0, 0.05) is 6.42 Å². The van der Waals surface area contributed by atoms with Crippen molar-refractivity contribution in [3.63, 3.8) is 0 Å². The van der Waals surface area contributed by atoms with Gasteiger partial charge in [-0.05, 0) is 23.3 Å². The quantitative estimate of drug-likeness (QED) is 0.314. The lowest BCUT2D eigenvalue weighted by molar-refractivity contribution is -0.293. The number of carboxylic acids is 1. The Labute approximate surface area is 183 Å². The van der Waals surface area contributed by atoms with Crippen molar-refractivity contribution in [1.29, 1.82) is 0 Å². The summed E-state index contributed by atoms with van der Waals surface area (Å²) in [4.78, 5) is 24.3. The third-order valence-corrected chi connectivity index (χ3v) is 5.08. The summed E-state index contributed by atoms with van der Waals surface area (Å²) in [7, 11) is 0. The Kier molecular flexibility index (Phi) is 7.78. The molecule has 1 fully saturated rings. The second kappa shape index (κ2) is 10.5. The zero-order valence-corrected chi connectivity index (χ0v) is 16.9. The Morgan fingerprint density at radius 2 is 1.59 bits per heavy atom. The number of amides is 1. The highest BCUT2D eigenvalue weighted by molar-refractivity contribution is 5.87. The van der Waals surface area contributed by atoms with Crippen LogP contribution in [0.2, 0.25) is 0 Å². The van der Waals surface area contributed by atoms with E-state index >= 15 is 0 Å². The van der Waals surface area contributed by atoms with Gasteiger partial charge in [-0.25, -0.2) is 4.79 Å². The average Bonchev–Trinajstić information content (AvgIpc) is 2.78. The fraction of sp³-hybridized carbons (Fsp3) is 0.364. The topological polar surface area (TPSA) is 166 Å². The van der Waals surface area contributed by atoms with Gasteiger partial charge in [-0.15, -0.1) is 0 Å². The van der Waals surface area contributed by atoms with E-state index in [1.807, 2.05) is 6.07 Å². The highest BCUT2D eigenvalue weighted by Gasteiger charge is 2.47. The third-order valence-electron chi connectivity index (χ3n) is 5.08. The highest BCUT2D eigenvalue weighted by Crippen LogP contribution is 2.23. The van der Waals surface area contributed by atoms with Crippen molar-refractivity contribution in [3.05, 3.63) is 65.7 Å². The summed E-state index contributed by atoms with van der Waals surface area (Å²) in [6, 6.07) is 13.3.